The van der Waals surface area contributed by atoms with Gasteiger partial charge in [-0.25, -0.2) is 0 Å². The summed E-state index contributed by atoms with van der Waals surface area (Å²) in [6.45, 7) is 10.3. The lowest BCUT2D eigenvalue weighted by Gasteiger charge is -2.28. The average Bonchev–Trinajstić information content (AvgIpc) is 2.51. The van der Waals surface area contributed by atoms with Crippen molar-refractivity contribution in [3.05, 3.63) is 18.2 Å². The van der Waals surface area contributed by atoms with Crippen LogP contribution >= 0.6 is 0 Å². The Morgan fingerprint density at radius 2 is 2.05 bits per heavy atom. The Labute approximate surface area is 127 Å². The number of nitrogen functional groups attached to an aromatic ring is 1. The Hall–Kier alpha value is -1.75. The topological polar surface area (TPSA) is 62.9 Å². The minimum atomic E-state index is -0.0176. The number of aliphatic imine (C=N–C) groups is 1. The van der Waals surface area contributed by atoms with Crippen molar-refractivity contribution in [2.75, 3.05) is 37.2 Å². The zero-order chi connectivity index (χ0) is 15.2. The second-order valence-electron chi connectivity index (χ2n) is 5.19. The molecule has 5 nitrogen and oxygen atoms in total. The third kappa shape index (κ3) is 3.88. The molecule has 1 aromatic rings. The van der Waals surface area contributed by atoms with Crippen molar-refractivity contribution < 1.29 is 4.74 Å². The van der Waals surface area contributed by atoms with E-state index < -0.39 is 0 Å². The highest BCUT2D eigenvalue weighted by atomic mass is 16.5. The van der Waals surface area contributed by atoms with Gasteiger partial charge in [0.25, 0.3) is 0 Å². The summed E-state index contributed by atoms with van der Waals surface area (Å²) in [6, 6.07) is 5.67. The molecular weight excluding hydrogens is 264 g/mol. The van der Waals surface area contributed by atoms with Crippen molar-refractivity contribution in [2.24, 2.45) is 4.99 Å². The lowest BCUT2D eigenvalue weighted by molar-refractivity contribution is 0.257. The third-order valence-corrected chi connectivity index (χ3v) is 3.81. The van der Waals surface area contributed by atoms with E-state index in [0.717, 1.165) is 49.9 Å². The number of rotatable bonds is 6. The minimum absolute atomic E-state index is 0.0176. The van der Waals surface area contributed by atoms with Gasteiger partial charge in [0, 0.05) is 18.3 Å². The lowest BCUT2D eigenvalue weighted by Crippen LogP contribution is -2.37. The molecule has 1 aromatic carbocycles. The van der Waals surface area contributed by atoms with Crippen molar-refractivity contribution in [2.45, 2.75) is 33.3 Å². The predicted molar refractivity (Wildman–Crippen MR) is 89.3 cm³/mol. The molecule has 0 aromatic heterocycles. The van der Waals surface area contributed by atoms with Crippen LogP contribution in [0.25, 0.3) is 0 Å². The van der Waals surface area contributed by atoms with Gasteiger partial charge < -0.3 is 20.7 Å². The molecule has 0 radical (unpaired) electrons. The van der Waals surface area contributed by atoms with E-state index in [2.05, 4.69) is 31.0 Å². The van der Waals surface area contributed by atoms with Gasteiger partial charge in [0.2, 0.25) is 0 Å². The van der Waals surface area contributed by atoms with E-state index >= 15 is 0 Å². The number of ether oxygens (including phenoxy) is 1. The maximum atomic E-state index is 6.00. The van der Waals surface area contributed by atoms with E-state index in [9.17, 15) is 0 Å². The van der Waals surface area contributed by atoms with Gasteiger partial charge in [0.05, 0.1) is 12.2 Å². The molecule has 0 saturated carbocycles. The second-order valence-corrected chi connectivity index (χ2v) is 5.19. The van der Waals surface area contributed by atoms with Crippen LogP contribution in [0.3, 0.4) is 0 Å². The fourth-order valence-corrected chi connectivity index (χ4v) is 2.44. The number of nitrogens with two attached hydrogens (primary N) is 1. The number of likely N-dealkylation sites (N-methyl/N-ethyl adjacent to an activating group) is 1. The molecule has 0 aliphatic carbocycles. The lowest BCUT2D eigenvalue weighted by atomic mass is 10.1. The highest BCUT2D eigenvalue weighted by molar-refractivity contribution is 6.02. The van der Waals surface area contributed by atoms with Gasteiger partial charge in [-0.1, -0.05) is 20.8 Å². The summed E-state index contributed by atoms with van der Waals surface area (Å²) < 4.78 is 6.00. The maximum absolute atomic E-state index is 6.00. The van der Waals surface area contributed by atoms with Crippen molar-refractivity contribution in [1.29, 1.82) is 0 Å². The normalized spacial score (nSPS) is 19.2. The molecule has 1 heterocycles. The smallest absolute Gasteiger partial charge is 0.155 e. The van der Waals surface area contributed by atoms with Crippen molar-refractivity contribution in [1.82, 2.24) is 4.90 Å². The molecule has 116 valence electrons. The number of hydrogen-bond donors (Lipinski definition) is 2. The summed E-state index contributed by atoms with van der Waals surface area (Å²) in [7, 11) is 0. The van der Waals surface area contributed by atoms with E-state index in [1.54, 1.807) is 0 Å². The molecule has 0 fully saturated rings. The zero-order valence-electron chi connectivity index (χ0n) is 13.2. The highest BCUT2D eigenvalue weighted by Gasteiger charge is 2.24. The molecule has 1 unspecified atom stereocenters. The molecule has 0 saturated heterocycles. The van der Waals surface area contributed by atoms with E-state index in [1.807, 2.05) is 18.2 Å². The fourth-order valence-electron chi connectivity index (χ4n) is 2.44. The standard InChI is InChI=1S/C16H26N4O/c1-4-14-16(18-9-10-20(5-2)6-3)19-13-8-7-12(17)11-15(13)21-14/h7-8,11,14H,4-6,9-10,17H2,1-3H3,(H,18,19). The number of benzene rings is 1. The molecule has 1 aliphatic rings. The number of nitrogens with zero attached hydrogens (tertiary/aromatic N) is 2. The van der Waals surface area contributed by atoms with Crippen LogP contribution < -0.4 is 15.8 Å². The van der Waals surface area contributed by atoms with Crippen LogP contribution in [-0.2, 0) is 0 Å². The zero-order valence-corrected chi connectivity index (χ0v) is 13.2. The van der Waals surface area contributed by atoms with Gasteiger partial charge in [-0.15, -0.1) is 0 Å². The minimum Gasteiger partial charge on any atom is -0.480 e. The average molecular weight is 290 g/mol. The number of nitrogens with one attached hydrogen (secondary N) is 1. The van der Waals surface area contributed by atoms with Crippen LogP contribution in [0.1, 0.15) is 27.2 Å². The predicted octanol–water partition coefficient (Wildman–Crippen LogP) is 2.59. The molecule has 0 bridgehead atoms. The Morgan fingerprint density at radius 3 is 2.71 bits per heavy atom. The molecule has 5 heteroatoms. The number of amidine groups is 1. The second kappa shape index (κ2) is 7.31. The first kappa shape index (κ1) is 15.6. The third-order valence-electron chi connectivity index (χ3n) is 3.81. The van der Waals surface area contributed by atoms with E-state index in [4.69, 9.17) is 15.5 Å². The van der Waals surface area contributed by atoms with Gasteiger partial charge in [0.15, 0.2) is 6.10 Å². The number of hydrogen-bond acceptors (Lipinski definition) is 4. The van der Waals surface area contributed by atoms with Crippen LogP contribution in [-0.4, -0.2) is 43.0 Å². The molecule has 1 aliphatic heterocycles. The van der Waals surface area contributed by atoms with Crippen LogP contribution in [0.15, 0.2) is 23.2 Å². The monoisotopic (exact) mass is 290 g/mol. The largest absolute Gasteiger partial charge is 0.480 e. The van der Waals surface area contributed by atoms with Gasteiger partial charge in [-0.3, -0.25) is 4.99 Å². The molecule has 3 N–H and O–H groups in total. The van der Waals surface area contributed by atoms with Crippen molar-refractivity contribution in [3.63, 3.8) is 0 Å². The first-order valence-corrected chi connectivity index (χ1v) is 7.77. The molecule has 21 heavy (non-hydrogen) atoms. The quantitative estimate of drug-likeness (QED) is 0.791. The van der Waals surface area contributed by atoms with Crippen molar-refractivity contribution in [3.8, 4) is 5.75 Å². The van der Waals surface area contributed by atoms with Gasteiger partial charge in [0.1, 0.15) is 11.6 Å². The van der Waals surface area contributed by atoms with E-state index in [-0.39, 0.29) is 6.10 Å². The first-order valence-electron chi connectivity index (χ1n) is 7.77. The summed E-state index contributed by atoms with van der Waals surface area (Å²) in [5.41, 5.74) is 7.46. The Balaban J connectivity index is 2.07. The van der Waals surface area contributed by atoms with Gasteiger partial charge in [-0.05, 0) is 31.6 Å². The first-order chi connectivity index (χ1) is 10.2. The Bertz CT molecular complexity index is 497. The summed E-state index contributed by atoms with van der Waals surface area (Å²) >= 11 is 0. The Kier molecular flexibility index (Phi) is 5.44. The summed E-state index contributed by atoms with van der Waals surface area (Å²) in [6.07, 6.45) is 0.863. The summed E-state index contributed by atoms with van der Waals surface area (Å²) in [5.74, 6) is 1.73. The fraction of sp³-hybridized carbons (Fsp3) is 0.562. The molecule has 0 spiro atoms. The number of anilines is 2. The van der Waals surface area contributed by atoms with Crippen LogP contribution in [0.4, 0.5) is 11.4 Å². The van der Waals surface area contributed by atoms with Crippen LogP contribution in [0.2, 0.25) is 0 Å². The molecule has 0 amide bonds. The maximum Gasteiger partial charge on any atom is 0.155 e. The number of fused-ring (bicyclic) bond motifs is 1. The highest BCUT2D eigenvalue weighted by Crippen LogP contribution is 2.32. The SMILES string of the molecule is CCC1Oc2cc(N)ccc2NC1=NCCN(CC)CC. The van der Waals surface area contributed by atoms with E-state index in [1.165, 1.54) is 0 Å². The van der Waals surface area contributed by atoms with Crippen LogP contribution in [0.5, 0.6) is 5.75 Å². The van der Waals surface area contributed by atoms with E-state index in [0.29, 0.717) is 5.69 Å². The van der Waals surface area contributed by atoms with Crippen molar-refractivity contribution >= 4 is 17.2 Å². The molecule has 2 rings (SSSR count). The summed E-state index contributed by atoms with van der Waals surface area (Å²) in [4.78, 5) is 7.06. The summed E-state index contributed by atoms with van der Waals surface area (Å²) in [5, 5.41) is 3.39. The Morgan fingerprint density at radius 1 is 1.29 bits per heavy atom. The van der Waals surface area contributed by atoms with Gasteiger partial charge >= 0.3 is 0 Å². The molecular formula is C16H26N4O. The van der Waals surface area contributed by atoms with Gasteiger partial charge in [-0.2, -0.15) is 0 Å². The molecule has 1 atom stereocenters. The van der Waals surface area contributed by atoms with Crippen LogP contribution in [0, 0.1) is 0 Å².